The van der Waals surface area contributed by atoms with Gasteiger partial charge in [0.2, 0.25) is 10.0 Å². The fourth-order valence-corrected chi connectivity index (χ4v) is 4.47. The fraction of sp³-hybridized carbons (Fsp3) is 0.400. The molecular formula is C20H24ClN3O5S. The Balaban J connectivity index is 1.49. The first-order valence-corrected chi connectivity index (χ1v) is 11.5. The van der Waals surface area contributed by atoms with E-state index in [0.717, 1.165) is 0 Å². The smallest absolute Gasteiger partial charge is 0.270 e. The summed E-state index contributed by atoms with van der Waals surface area (Å²) in [6, 6.07) is 10.6. The fourth-order valence-electron chi connectivity index (χ4n) is 3.30. The summed E-state index contributed by atoms with van der Waals surface area (Å²) in [5.41, 5.74) is 0.299. The number of hydrogen-bond acceptors (Lipinski definition) is 6. The van der Waals surface area contributed by atoms with Gasteiger partial charge in [-0.1, -0.05) is 17.7 Å². The van der Waals surface area contributed by atoms with E-state index in [4.69, 9.17) is 16.3 Å². The first-order chi connectivity index (χ1) is 14.4. The monoisotopic (exact) mass is 453 g/mol. The molecule has 0 saturated carbocycles. The minimum Gasteiger partial charge on any atom is -0.394 e. The number of aromatic nitrogens is 1. The van der Waals surface area contributed by atoms with Gasteiger partial charge in [0, 0.05) is 17.8 Å². The molecule has 1 aliphatic rings. The summed E-state index contributed by atoms with van der Waals surface area (Å²) in [6.45, 7) is -0.0566. The maximum absolute atomic E-state index is 12.3. The van der Waals surface area contributed by atoms with E-state index >= 15 is 0 Å². The number of ether oxygens (including phenoxy) is 1. The number of benzene rings is 1. The van der Waals surface area contributed by atoms with E-state index in [-0.39, 0.29) is 36.1 Å². The van der Waals surface area contributed by atoms with Gasteiger partial charge in [-0.2, -0.15) is 0 Å². The van der Waals surface area contributed by atoms with E-state index < -0.39 is 16.1 Å². The third kappa shape index (κ3) is 5.99. The molecular weight excluding hydrogens is 430 g/mol. The Bertz CT molecular complexity index is 941. The van der Waals surface area contributed by atoms with Crippen molar-refractivity contribution in [1.29, 1.82) is 0 Å². The Morgan fingerprint density at radius 1 is 1.20 bits per heavy atom. The molecule has 0 radical (unpaired) electrons. The summed E-state index contributed by atoms with van der Waals surface area (Å²) in [4.78, 5) is 16.5. The van der Waals surface area contributed by atoms with Gasteiger partial charge in [-0.15, -0.1) is 0 Å². The molecule has 162 valence electrons. The highest BCUT2D eigenvalue weighted by Gasteiger charge is 2.32. The Labute approximate surface area is 180 Å². The van der Waals surface area contributed by atoms with E-state index in [1.165, 1.54) is 30.5 Å². The number of pyridine rings is 1. The standard InChI is InChI=1S/C20H24ClN3O5S/c21-14-4-7-16(8-5-14)30(27,28)23-12-10-15-6-9-17(19(13-25)29-15)24-20(26)18-3-1-2-11-22-18/h1-5,7-8,11,15,17,19,23,25H,6,9-10,12-13H2,(H,24,26)/t15-,17+,19-/m0/s1. The van der Waals surface area contributed by atoms with Crippen LogP contribution in [0.5, 0.6) is 0 Å². The van der Waals surface area contributed by atoms with Crippen molar-refractivity contribution in [2.75, 3.05) is 13.2 Å². The molecule has 2 heterocycles. The maximum atomic E-state index is 12.3. The van der Waals surface area contributed by atoms with Gasteiger partial charge in [-0.25, -0.2) is 13.1 Å². The van der Waals surface area contributed by atoms with Crippen LogP contribution in [0.2, 0.25) is 5.02 Å². The van der Waals surface area contributed by atoms with Crippen LogP contribution in [0.4, 0.5) is 0 Å². The van der Waals surface area contributed by atoms with Crippen molar-refractivity contribution in [3.05, 3.63) is 59.4 Å². The largest absolute Gasteiger partial charge is 0.394 e. The molecule has 3 N–H and O–H groups in total. The number of carbonyl (C=O) groups excluding carboxylic acids is 1. The minimum atomic E-state index is -3.63. The number of carbonyl (C=O) groups is 1. The molecule has 2 aromatic rings. The molecule has 0 bridgehead atoms. The zero-order valence-electron chi connectivity index (χ0n) is 16.2. The van der Waals surface area contributed by atoms with Crippen molar-refractivity contribution in [2.24, 2.45) is 0 Å². The van der Waals surface area contributed by atoms with E-state index in [0.29, 0.717) is 30.0 Å². The lowest BCUT2D eigenvalue weighted by Crippen LogP contribution is -2.51. The van der Waals surface area contributed by atoms with Crippen LogP contribution in [0.3, 0.4) is 0 Å². The molecule has 1 saturated heterocycles. The number of halogens is 1. The predicted molar refractivity (Wildman–Crippen MR) is 112 cm³/mol. The molecule has 1 amide bonds. The van der Waals surface area contributed by atoms with Crippen molar-refractivity contribution in [3.8, 4) is 0 Å². The van der Waals surface area contributed by atoms with Gasteiger partial charge in [-0.05, 0) is 55.7 Å². The number of aliphatic hydroxyl groups excluding tert-OH is 1. The normalized spacial score (nSPS) is 21.9. The van der Waals surface area contributed by atoms with Crippen LogP contribution < -0.4 is 10.0 Å². The Morgan fingerprint density at radius 2 is 1.97 bits per heavy atom. The topological polar surface area (TPSA) is 118 Å². The lowest BCUT2D eigenvalue weighted by atomic mass is 9.97. The zero-order valence-corrected chi connectivity index (χ0v) is 17.8. The van der Waals surface area contributed by atoms with Crippen LogP contribution >= 0.6 is 11.6 Å². The highest BCUT2D eigenvalue weighted by Crippen LogP contribution is 2.22. The third-order valence-electron chi connectivity index (χ3n) is 4.89. The third-order valence-corrected chi connectivity index (χ3v) is 6.62. The summed E-state index contributed by atoms with van der Waals surface area (Å²) in [7, 11) is -3.63. The molecule has 10 heteroatoms. The number of nitrogens with zero attached hydrogens (tertiary/aromatic N) is 1. The number of amides is 1. The van der Waals surface area contributed by atoms with Gasteiger partial charge in [0.15, 0.2) is 0 Å². The van der Waals surface area contributed by atoms with Crippen molar-refractivity contribution >= 4 is 27.5 Å². The van der Waals surface area contributed by atoms with E-state index in [9.17, 15) is 18.3 Å². The molecule has 1 aromatic carbocycles. The van der Waals surface area contributed by atoms with Gasteiger partial charge >= 0.3 is 0 Å². The number of hydrogen-bond donors (Lipinski definition) is 3. The Kier molecular flexibility index (Phi) is 7.79. The second-order valence-corrected chi connectivity index (χ2v) is 9.20. The van der Waals surface area contributed by atoms with Gasteiger partial charge < -0.3 is 15.2 Å². The van der Waals surface area contributed by atoms with Crippen LogP contribution in [0.1, 0.15) is 29.8 Å². The second-order valence-electron chi connectivity index (χ2n) is 6.99. The average Bonchev–Trinajstić information content (AvgIpc) is 2.75. The van der Waals surface area contributed by atoms with Gasteiger partial charge in [0.1, 0.15) is 11.8 Å². The number of nitrogens with one attached hydrogen (secondary N) is 2. The minimum absolute atomic E-state index is 0.141. The molecule has 3 atom stereocenters. The predicted octanol–water partition coefficient (Wildman–Crippen LogP) is 1.74. The molecule has 1 aliphatic heterocycles. The molecule has 3 rings (SSSR count). The van der Waals surface area contributed by atoms with Gasteiger partial charge in [-0.3, -0.25) is 9.78 Å². The average molecular weight is 454 g/mol. The first-order valence-electron chi connectivity index (χ1n) is 9.62. The van der Waals surface area contributed by atoms with Crippen molar-refractivity contribution < 1.29 is 23.1 Å². The van der Waals surface area contributed by atoms with Crippen molar-refractivity contribution in [1.82, 2.24) is 15.0 Å². The van der Waals surface area contributed by atoms with Gasteiger partial charge in [0.25, 0.3) is 5.91 Å². The van der Waals surface area contributed by atoms with Gasteiger partial charge in [0.05, 0.1) is 23.6 Å². The summed E-state index contributed by atoms with van der Waals surface area (Å²) in [5, 5.41) is 13.0. The Morgan fingerprint density at radius 3 is 2.63 bits per heavy atom. The summed E-state index contributed by atoms with van der Waals surface area (Å²) in [5.74, 6) is -0.322. The zero-order chi connectivity index (χ0) is 21.6. The molecule has 0 spiro atoms. The summed E-state index contributed by atoms with van der Waals surface area (Å²) < 4.78 is 33.1. The first kappa shape index (κ1) is 22.6. The summed E-state index contributed by atoms with van der Waals surface area (Å²) in [6.07, 6.45) is 2.44. The van der Waals surface area contributed by atoms with Crippen LogP contribution in [0, 0.1) is 0 Å². The highest BCUT2D eigenvalue weighted by atomic mass is 35.5. The van der Waals surface area contributed by atoms with E-state index in [1.54, 1.807) is 18.2 Å². The number of sulfonamides is 1. The highest BCUT2D eigenvalue weighted by molar-refractivity contribution is 7.89. The quantitative estimate of drug-likeness (QED) is 0.560. The van der Waals surface area contributed by atoms with Crippen molar-refractivity contribution in [3.63, 3.8) is 0 Å². The lowest BCUT2D eigenvalue weighted by Gasteiger charge is -2.36. The number of rotatable bonds is 8. The molecule has 8 nitrogen and oxygen atoms in total. The van der Waals surface area contributed by atoms with Crippen LogP contribution in [-0.4, -0.2) is 55.8 Å². The Hall–Kier alpha value is -2.04. The second kappa shape index (κ2) is 10.3. The number of aliphatic hydroxyl groups is 1. The SMILES string of the molecule is O=C(N[C@@H]1CC[C@@H](CCNS(=O)(=O)c2ccc(Cl)cc2)O[C@H]1CO)c1ccccn1. The van der Waals surface area contributed by atoms with Crippen LogP contribution in [0.25, 0.3) is 0 Å². The van der Waals surface area contributed by atoms with E-state index in [1.807, 2.05) is 0 Å². The molecule has 1 fully saturated rings. The molecule has 0 unspecified atom stereocenters. The molecule has 1 aromatic heterocycles. The van der Waals surface area contributed by atoms with Crippen molar-refractivity contribution in [2.45, 2.75) is 42.4 Å². The lowest BCUT2D eigenvalue weighted by molar-refractivity contribution is -0.0891. The van der Waals surface area contributed by atoms with Crippen LogP contribution in [-0.2, 0) is 14.8 Å². The molecule has 0 aliphatic carbocycles. The molecule has 30 heavy (non-hydrogen) atoms. The summed E-state index contributed by atoms with van der Waals surface area (Å²) >= 11 is 5.79. The maximum Gasteiger partial charge on any atom is 0.270 e. The van der Waals surface area contributed by atoms with E-state index in [2.05, 4.69) is 15.0 Å². The van der Waals surface area contributed by atoms with Crippen LogP contribution in [0.15, 0.2) is 53.6 Å².